The third kappa shape index (κ3) is 1.80. The molecular formula is C13H13N3. The largest absolute Gasteiger partial charge is 0.213 e. The van der Waals surface area contributed by atoms with Crippen LogP contribution in [0.3, 0.4) is 0 Å². The van der Waals surface area contributed by atoms with Gasteiger partial charge in [-0.15, -0.1) is 5.10 Å². The number of allylic oxidation sites excluding steroid dienone is 5. The molecule has 0 saturated carbocycles. The smallest absolute Gasteiger partial charge is 0.113 e. The van der Waals surface area contributed by atoms with Crippen LogP contribution in [0.1, 0.15) is 6.92 Å². The molecule has 0 amide bonds. The number of para-hydroxylation sites is 1. The maximum atomic E-state index is 4.13. The first-order valence-electron chi connectivity index (χ1n) is 5.13. The monoisotopic (exact) mass is 211 g/mol. The zero-order valence-corrected chi connectivity index (χ0v) is 9.17. The number of rotatable bonds is 3. The minimum absolute atomic E-state index is 0.891. The predicted octanol–water partition coefficient (Wildman–Crippen LogP) is 3.03. The second-order valence-corrected chi connectivity index (χ2v) is 3.32. The van der Waals surface area contributed by atoms with Gasteiger partial charge in [-0.1, -0.05) is 36.1 Å². The van der Waals surface area contributed by atoms with Crippen molar-refractivity contribution in [2.24, 2.45) is 0 Å². The molecule has 0 spiro atoms. The first-order chi connectivity index (χ1) is 7.86. The Labute approximate surface area is 94.4 Å². The summed E-state index contributed by atoms with van der Waals surface area (Å²) in [6.45, 7) is 5.67. The van der Waals surface area contributed by atoms with Gasteiger partial charge >= 0.3 is 0 Å². The number of nitrogens with zero attached hydrogens (tertiary/aromatic N) is 3. The third-order valence-corrected chi connectivity index (χ3v) is 2.22. The van der Waals surface area contributed by atoms with Crippen molar-refractivity contribution in [1.82, 2.24) is 15.0 Å². The van der Waals surface area contributed by atoms with Crippen molar-refractivity contribution in [3.8, 4) is 0 Å². The Bertz CT molecular complexity index is 561. The fraction of sp³-hybridized carbons (Fsp3) is 0.0769. The predicted molar refractivity (Wildman–Crippen MR) is 66.8 cm³/mol. The van der Waals surface area contributed by atoms with Crippen LogP contribution in [-0.2, 0) is 0 Å². The van der Waals surface area contributed by atoms with E-state index in [2.05, 4.69) is 16.9 Å². The summed E-state index contributed by atoms with van der Waals surface area (Å²) < 4.78 is 1.80. The summed E-state index contributed by atoms with van der Waals surface area (Å²) >= 11 is 0. The molecule has 0 fully saturated rings. The Kier molecular flexibility index (Phi) is 2.96. The van der Waals surface area contributed by atoms with Gasteiger partial charge in [-0.25, -0.2) is 4.68 Å². The van der Waals surface area contributed by atoms with E-state index in [0.717, 1.165) is 16.7 Å². The molecule has 0 atom stereocenters. The first kappa shape index (κ1) is 10.4. The van der Waals surface area contributed by atoms with Crippen molar-refractivity contribution in [1.29, 1.82) is 0 Å². The molecule has 3 nitrogen and oxygen atoms in total. The van der Waals surface area contributed by atoms with Crippen molar-refractivity contribution in [3.63, 3.8) is 0 Å². The van der Waals surface area contributed by atoms with E-state index in [1.54, 1.807) is 10.8 Å². The lowest BCUT2D eigenvalue weighted by Gasteiger charge is -2.01. The first-order valence-corrected chi connectivity index (χ1v) is 5.13. The van der Waals surface area contributed by atoms with Crippen molar-refractivity contribution in [2.75, 3.05) is 0 Å². The molecule has 16 heavy (non-hydrogen) atoms. The van der Waals surface area contributed by atoms with Gasteiger partial charge in [-0.3, -0.25) is 0 Å². The normalized spacial score (nSPS) is 12.4. The van der Waals surface area contributed by atoms with E-state index in [1.165, 1.54) is 0 Å². The van der Waals surface area contributed by atoms with E-state index in [1.807, 2.05) is 49.4 Å². The average Bonchev–Trinajstić information content (AvgIpc) is 2.72. The Morgan fingerprint density at radius 3 is 2.94 bits per heavy atom. The minimum Gasteiger partial charge on any atom is -0.213 e. The molecule has 0 unspecified atom stereocenters. The Hall–Kier alpha value is -2.16. The molecule has 2 aromatic rings. The molecule has 1 heterocycles. The lowest BCUT2D eigenvalue weighted by Crippen LogP contribution is -1.96. The van der Waals surface area contributed by atoms with Gasteiger partial charge in [-0.2, -0.15) is 0 Å². The highest BCUT2D eigenvalue weighted by Gasteiger charge is 2.04. The van der Waals surface area contributed by atoms with Crippen LogP contribution in [0.25, 0.3) is 16.7 Å². The SMILES string of the molecule is C=C/C=C(\C=C/C)n1nnc2ccccc21. The van der Waals surface area contributed by atoms with Gasteiger partial charge in [-0.05, 0) is 31.2 Å². The maximum absolute atomic E-state index is 4.13. The van der Waals surface area contributed by atoms with E-state index < -0.39 is 0 Å². The van der Waals surface area contributed by atoms with Crippen LogP contribution in [0.4, 0.5) is 0 Å². The minimum atomic E-state index is 0.891. The number of fused-ring (bicyclic) bond motifs is 1. The summed E-state index contributed by atoms with van der Waals surface area (Å²) in [4.78, 5) is 0. The second kappa shape index (κ2) is 4.57. The standard InChI is InChI=1S/C13H13N3/c1-3-7-11(8-4-2)16-13-10-6-5-9-12(13)14-15-16/h3-10H,1H2,2H3/b8-4-,11-7+. The molecule has 0 aliphatic heterocycles. The number of benzene rings is 1. The molecule has 0 N–H and O–H groups in total. The van der Waals surface area contributed by atoms with Crippen LogP contribution in [0, 0.1) is 0 Å². The molecule has 3 heteroatoms. The highest BCUT2D eigenvalue weighted by molar-refractivity contribution is 5.79. The highest BCUT2D eigenvalue weighted by Crippen LogP contribution is 2.15. The van der Waals surface area contributed by atoms with Gasteiger partial charge in [0.05, 0.1) is 11.2 Å². The van der Waals surface area contributed by atoms with Crippen molar-refractivity contribution in [2.45, 2.75) is 6.92 Å². The fourth-order valence-corrected chi connectivity index (χ4v) is 1.55. The highest BCUT2D eigenvalue weighted by atomic mass is 15.4. The lowest BCUT2D eigenvalue weighted by atomic mass is 10.3. The van der Waals surface area contributed by atoms with Gasteiger partial charge in [0, 0.05) is 0 Å². The van der Waals surface area contributed by atoms with Crippen LogP contribution >= 0.6 is 0 Å². The number of aromatic nitrogens is 3. The van der Waals surface area contributed by atoms with E-state index in [4.69, 9.17) is 0 Å². The Balaban J connectivity index is 2.61. The van der Waals surface area contributed by atoms with Crippen molar-refractivity contribution in [3.05, 3.63) is 55.1 Å². The summed E-state index contributed by atoms with van der Waals surface area (Å²) in [6, 6.07) is 7.87. The summed E-state index contributed by atoms with van der Waals surface area (Å²) in [5.41, 5.74) is 2.84. The fourth-order valence-electron chi connectivity index (χ4n) is 1.55. The molecule has 1 aromatic carbocycles. The summed E-state index contributed by atoms with van der Waals surface area (Å²) in [5.74, 6) is 0. The quantitative estimate of drug-likeness (QED) is 0.730. The van der Waals surface area contributed by atoms with Crippen LogP contribution in [0.2, 0.25) is 0 Å². The van der Waals surface area contributed by atoms with Crippen LogP contribution in [-0.4, -0.2) is 15.0 Å². The molecule has 0 bridgehead atoms. The van der Waals surface area contributed by atoms with Gasteiger partial charge in [0.2, 0.25) is 0 Å². The van der Waals surface area contributed by atoms with Crippen molar-refractivity contribution < 1.29 is 0 Å². The number of hydrogen-bond acceptors (Lipinski definition) is 2. The molecule has 0 aliphatic carbocycles. The van der Waals surface area contributed by atoms with E-state index in [0.29, 0.717) is 0 Å². The lowest BCUT2D eigenvalue weighted by molar-refractivity contribution is 0.844. The van der Waals surface area contributed by atoms with Crippen LogP contribution in [0.5, 0.6) is 0 Å². The molecule has 0 radical (unpaired) electrons. The zero-order chi connectivity index (χ0) is 11.4. The summed E-state index contributed by atoms with van der Waals surface area (Å²) in [6.07, 6.45) is 7.58. The molecule has 0 aliphatic rings. The van der Waals surface area contributed by atoms with Gasteiger partial charge in [0.15, 0.2) is 0 Å². The summed E-state index contributed by atoms with van der Waals surface area (Å²) in [5, 5.41) is 8.24. The van der Waals surface area contributed by atoms with E-state index in [-0.39, 0.29) is 0 Å². The van der Waals surface area contributed by atoms with E-state index >= 15 is 0 Å². The Morgan fingerprint density at radius 1 is 1.38 bits per heavy atom. The van der Waals surface area contributed by atoms with E-state index in [9.17, 15) is 0 Å². The Morgan fingerprint density at radius 2 is 2.19 bits per heavy atom. The van der Waals surface area contributed by atoms with Crippen LogP contribution in [0.15, 0.2) is 55.1 Å². The zero-order valence-electron chi connectivity index (χ0n) is 9.17. The molecule has 1 aromatic heterocycles. The number of hydrogen-bond donors (Lipinski definition) is 0. The molecular weight excluding hydrogens is 198 g/mol. The molecule has 80 valence electrons. The third-order valence-electron chi connectivity index (χ3n) is 2.22. The average molecular weight is 211 g/mol. The van der Waals surface area contributed by atoms with Gasteiger partial charge in [0.25, 0.3) is 0 Å². The van der Waals surface area contributed by atoms with Gasteiger partial charge in [0.1, 0.15) is 5.52 Å². The topological polar surface area (TPSA) is 30.7 Å². The second-order valence-electron chi connectivity index (χ2n) is 3.32. The molecule has 2 rings (SSSR count). The maximum Gasteiger partial charge on any atom is 0.113 e. The van der Waals surface area contributed by atoms with Crippen LogP contribution < -0.4 is 0 Å². The molecule has 0 saturated heterocycles. The van der Waals surface area contributed by atoms with Crippen molar-refractivity contribution >= 4 is 16.7 Å². The van der Waals surface area contributed by atoms with Gasteiger partial charge < -0.3 is 0 Å². The summed E-state index contributed by atoms with van der Waals surface area (Å²) in [7, 11) is 0.